The van der Waals surface area contributed by atoms with Crippen molar-refractivity contribution in [1.82, 2.24) is 29.4 Å². The molecule has 5 aromatic rings. The van der Waals surface area contributed by atoms with E-state index in [1.165, 1.54) is 0 Å². The molecule has 0 amide bonds. The number of hydrogen-bond acceptors (Lipinski definition) is 6. The van der Waals surface area contributed by atoms with Gasteiger partial charge in [0.05, 0.1) is 17.8 Å². The van der Waals surface area contributed by atoms with E-state index in [0.29, 0.717) is 6.54 Å². The Hall–Kier alpha value is -3.65. The number of hydrogen-bond donors (Lipinski definition) is 1. The molecule has 7 heteroatoms. The highest BCUT2D eigenvalue weighted by Gasteiger charge is 2.19. The summed E-state index contributed by atoms with van der Waals surface area (Å²) in [7, 11) is 2.17. The van der Waals surface area contributed by atoms with E-state index in [-0.39, 0.29) is 0 Å². The van der Waals surface area contributed by atoms with E-state index < -0.39 is 0 Å². The zero-order chi connectivity index (χ0) is 23.8. The molecular weight excluding hydrogens is 434 g/mol. The molecule has 3 aromatic heterocycles. The summed E-state index contributed by atoms with van der Waals surface area (Å²) in [4.78, 5) is 9.94. The van der Waals surface area contributed by atoms with E-state index in [0.717, 1.165) is 83.0 Å². The van der Waals surface area contributed by atoms with Crippen LogP contribution in [0.5, 0.6) is 0 Å². The maximum absolute atomic E-state index is 5.82. The highest BCUT2D eigenvalue weighted by atomic mass is 15.3. The number of pyridine rings is 2. The second-order valence-electron chi connectivity index (χ2n) is 9.29. The molecule has 0 unspecified atom stereocenters. The van der Waals surface area contributed by atoms with Gasteiger partial charge in [0.1, 0.15) is 0 Å². The highest BCUT2D eigenvalue weighted by molar-refractivity contribution is 5.98. The Labute approximate surface area is 204 Å². The molecule has 0 atom stereocenters. The summed E-state index contributed by atoms with van der Waals surface area (Å²) in [5, 5.41) is 10.2. The Balaban J connectivity index is 1.47. The van der Waals surface area contributed by atoms with E-state index in [1.54, 1.807) is 0 Å². The number of aromatic nitrogens is 4. The van der Waals surface area contributed by atoms with Gasteiger partial charge in [0, 0.05) is 55.4 Å². The standard InChI is InChI=1S/C28H29N7/c1-33-13-15-34(16-14-33)19-26-31-32-28-24-17-23(21-5-3-2-4-6-21)27(30-25(24)11-12-35(26)28)22-9-7-20(18-29)8-10-22/h2-12,17H,13-16,18-19,29H2,1H3. The molecule has 1 saturated heterocycles. The van der Waals surface area contributed by atoms with Crippen molar-refractivity contribution in [3.05, 3.63) is 84.3 Å². The molecule has 2 N–H and O–H groups in total. The molecule has 1 aliphatic heterocycles. The third-order valence-electron chi connectivity index (χ3n) is 6.95. The molecule has 176 valence electrons. The fourth-order valence-electron chi connectivity index (χ4n) is 4.81. The van der Waals surface area contributed by atoms with Gasteiger partial charge >= 0.3 is 0 Å². The Bertz CT molecular complexity index is 1470. The van der Waals surface area contributed by atoms with Crippen molar-refractivity contribution in [3.63, 3.8) is 0 Å². The Morgan fingerprint density at radius 1 is 0.857 bits per heavy atom. The third-order valence-corrected chi connectivity index (χ3v) is 6.95. The first-order valence-electron chi connectivity index (χ1n) is 12.1. The first-order valence-corrected chi connectivity index (χ1v) is 12.1. The first kappa shape index (κ1) is 21.9. The molecule has 35 heavy (non-hydrogen) atoms. The van der Waals surface area contributed by atoms with Gasteiger partial charge in [-0.25, -0.2) is 4.98 Å². The summed E-state index contributed by atoms with van der Waals surface area (Å²) < 4.78 is 2.12. The number of piperazine rings is 1. The van der Waals surface area contributed by atoms with Crippen molar-refractivity contribution < 1.29 is 0 Å². The van der Waals surface area contributed by atoms with Crippen molar-refractivity contribution in [2.75, 3.05) is 33.2 Å². The van der Waals surface area contributed by atoms with Crippen molar-refractivity contribution in [1.29, 1.82) is 0 Å². The fourth-order valence-corrected chi connectivity index (χ4v) is 4.81. The summed E-state index contributed by atoms with van der Waals surface area (Å²) in [6, 6.07) is 23.1. The molecule has 6 rings (SSSR count). The third kappa shape index (κ3) is 4.18. The molecule has 7 nitrogen and oxygen atoms in total. The normalized spacial score (nSPS) is 15.3. The van der Waals surface area contributed by atoms with Crippen LogP contribution in [0.2, 0.25) is 0 Å². The van der Waals surface area contributed by atoms with Crippen LogP contribution in [0.3, 0.4) is 0 Å². The lowest BCUT2D eigenvalue weighted by molar-refractivity contribution is 0.145. The van der Waals surface area contributed by atoms with E-state index >= 15 is 0 Å². The SMILES string of the molecule is CN1CCN(Cc2nnc3c4cc(-c5ccccc5)c(-c5ccc(CN)cc5)nc4ccn23)CC1. The number of fused-ring (bicyclic) bond motifs is 3. The number of nitrogens with zero attached hydrogens (tertiary/aromatic N) is 6. The number of likely N-dealkylation sites (N-methyl/N-ethyl adjacent to an activating group) is 1. The van der Waals surface area contributed by atoms with Crippen LogP contribution in [0.25, 0.3) is 38.9 Å². The summed E-state index contributed by atoms with van der Waals surface area (Å²) >= 11 is 0. The van der Waals surface area contributed by atoms with Gasteiger partial charge in [0.15, 0.2) is 11.5 Å². The minimum Gasteiger partial charge on any atom is -0.326 e. The van der Waals surface area contributed by atoms with Gasteiger partial charge in [0.2, 0.25) is 0 Å². The Morgan fingerprint density at radius 2 is 1.63 bits per heavy atom. The molecule has 1 fully saturated rings. The summed E-state index contributed by atoms with van der Waals surface area (Å²) in [6.45, 7) is 5.58. The van der Waals surface area contributed by atoms with Gasteiger partial charge in [-0.3, -0.25) is 9.30 Å². The van der Waals surface area contributed by atoms with Crippen LogP contribution in [-0.2, 0) is 13.1 Å². The van der Waals surface area contributed by atoms with Crippen LogP contribution >= 0.6 is 0 Å². The van der Waals surface area contributed by atoms with Gasteiger partial charge < -0.3 is 10.6 Å². The Morgan fingerprint density at radius 3 is 2.37 bits per heavy atom. The largest absolute Gasteiger partial charge is 0.326 e. The predicted octanol–water partition coefficient (Wildman–Crippen LogP) is 3.82. The maximum Gasteiger partial charge on any atom is 0.170 e. The van der Waals surface area contributed by atoms with Crippen LogP contribution in [-0.4, -0.2) is 62.6 Å². The topological polar surface area (TPSA) is 75.6 Å². The minimum atomic E-state index is 0.526. The summed E-state index contributed by atoms with van der Waals surface area (Å²) in [5.74, 6) is 0.967. The molecule has 4 heterocycles. The van der Waals surface area contributed by atoms with Gasteiger partial charge in [-0.05, 0) is 30.3 Å². The molecule has 0 radical (unpaired) electrons. The highest BCUT2D eigenvalue weighted by Crippen LogP contribution is 2.34. The lowest BCUT2D eigenvalue weighted by atomic mass is 9.97. The lowest BCUT2D eigenvalue weighted by Gasteiger charge is -2.31. The van der Waals surface area contributed by atoms with Crippen molar-refractivity contribution >= 4 is 16.6 Å². The number of benzene rings is 2. The Kier molecular flexibility index (Phi) is 5.74. The summed E-state index contributed by atoms with van der Waals surface area (Å²) in [6.07, 6.45) is 2.06. The molecular formula is C28H29N7. The second kappa shape index (κ2) is 9.19. The zero-order valence-corrected chi connectivity index (χ0v) is 19.9. The maximum atomic E-state index is 5.82. The fraction of sp³-hybridized carbons (Fsp3) is 0.250. The van der Waals surface area contributed by atoms with E-state index in [2.05, 4.69) is 98.3 Å². The number of rotatable bonds is 5. The smallest absolute Gasteiger partial charge is 0.170 e. The van der Waals surface area contributed by atoms with E-state index in [4.69, 9.17) is 10.7 Å². The van der Waals surface area contributed by atoms with Gasteiger partial charge in [-0.1, -0.05) is 54.6 Å². The van der Waals surface area contributed by atoms with Crippen LogP contribution in [0, 0.1) is 0 Å². The average molecular weight is 464 g/mol. The summed E-state index contributed by atoms with van der Waals surface area (Å²) in [5.41, 5.74) is 12.9. The molecule has 0 bridgehead atoms. The molecule has 1 aliphatic rings. The molecule has 0 saturated carbocycles. The van der Waals surface area contributed by atoms with Gasteiger partial charge in [-0.2, -0.15) is 0 Å². The molecule has 0 aliphatic carbocycles. The van der Waals surface area contributed by atoms with Crippen molar-refractivity contribution in [3.8, 4) is 22.4 Å². The second-order valence-corrected chi connectivity index (χ2v) is 9.29. The molecule has 2 aromatic carbocycles. The number of nitrogens with two attached hydrogens (primary N) is 1. The van der Waals surface area contributed by atoms with Crippen LogP contribution in [0.1, 0.15) is 11.4 Å². The van der Waals surface area contributed by atoms with Crippen LogP contribution in [0.15, 0.2) is 72.9 Å². The van der Waals surface area contributed by atoms with Gasteiger partial charge in [0.25, 0.3) is 0 Å². The average Bonchev–Trinajstić information content (AvgIpc) is 3.33. The minimum absolute atomic E-state index is 0.526. The van der Waals surface area contributed by atoms with Gasteiger partial charge in [-0.15, -0.1) is 10.2 Å². The van der Waals surface area contributed by atoms with E-state index in [9.17, 15) is 0 Å². The van der Waals surface area contributed by atoms with Crippen molar-refractivity contribution in [2.45, 2.75) is 13.1 Å². The first-order chi connectivity index (χ1) is 17.2. The van der Waals surface area contributed by atoms with Crippen molar-refractivity contribution in [2.24, 2.45) is 5.73 Å². The van der Waals surface area contributed by atoms with Crippen LogP contribution in [0.4, 0.5) is 0 Å². The predicted molar refractivity (Wildman–Crippen MR) is 140 cm³/mol. The monoisotopic (exact) mass is 463 g/mol. The lowest BCUT2D eigenvalue weighted by Crippen LogP contribution is -2.44. The quantitative estimate of drug-likeness (QED) is 0.427. The zero-order valence-electron chi connectivity index (χ0n) is 19.9. The molecule has 0 spiro atoms. The van der Waals surface area contributed by atoms with E-state index in [1.807, 2.05) is 6.07 Å². The van der Waals surface area contributed by atoms with Crippen LogP contribution < -0.4 is 5.73 Å².